The van der Waals surface area contributed by atoms with Crippen LogP contribution in [0.1, 0.15) is 136 Å². The first-order chi connectivity index (χ1) is 49.5. The van der Waals surface area contributed by atoms with E-state index in [9.17, 15) is 24.0 Å². The SMILES string of the molecule is CCC(C)(C)C(=O)Oc1c2ccccc2c(OC)c2ccccc12.CCC(C)(C)C(=O)Oc1c2ccccc2cc2ccccc12.CCC(C)(C)C(=O)Oc1ccc(OC)c2ccccc12.CCC(C)(C)C(=O)Oc1ccc2cc(OC)ccc2c1.CCC(C)(C)C(=O)Oc1ccc2ccccc2c1. The molecule has 0 fully saturated rings. The molecule has 0 saturated heterocycles. The molecule has 13 heteroatoms. The van der Waals surface area contributed by atoms with Gasteiger partial charge in [-0.1, -0.05) is 198 Å². The van der Waals surface area contributed by atoms with Crippen LogP contribution in [0.2, 0.25) is 0 Å². The fourth-order valence-electron chi connectivity index (χ4n) is 10.5. The average molecular weight is 1400 g/mol. The van der Waals surface area contributed by atoms with Crippen molar-refractivity contribution in [3.63, 3.8) is 0 Å². The van der Waals surface area contributed by atoms with Crippen LogP contribution in [0.15, 0.2) is 218 Å². The fraction of sp³-hybridized carbons (Fsp3) is 0.308. The monoisotopic (exact) mass is 1400 g/mol. The maximum atomic E-state index is 12.7. The molecule has 0 saturated carbocycles. The zero-order chi connectivity index (χ0) is 75.7. The third-order valence-electron chi connectivity index (χ3n) is 19.8. The number of hydrogen-bond donors (Lipinski definition) is 0. The summed E-state index contributed by atoms with van der Waals surface area (Å²) in [7, 11) is 4.94. The summed E-state index contributed by atoms with van der Waals surface area (Å²) in [5, 5.41) is 13.9. The van der Waals surface area contributed by atoms with Gasteiger partial charge in [0.15, 0.2) is 0 Å². The fourth-order valence-corrected chi connectivity index (χ4v) is 10.5. The minimum absolute atomic E-state index is 0.180. The van der Waals surface area contributed by atoms with Crippen molar-refractivity contribution in [1.29, 1.82) is 0 Å². The predicted octanol–water partition coefficient (Wildman–Crippen LogP) is 23.2. The summed E-state index contributed by atoms with van der Waals surface area (Å²) in [6, 6.07) is 70.4. The van der Waals surface area contributed by atoms with Crippen LogP contribution in [-0.2, 0) is 24.0 Å². The standard InChI is InChI=1S/C21H22O3.C20H20O2.2C17H20O3.C16H18O2/c1-5-21(2,3)20(22)24-19-16-12-8-6-10-14(16)18(23-4)15-11-7-9-13-17(15)19;1-4-20(2,3)19(21)22-18-16-11-7-5-9-14(16)13-15-10-6-8-12-17(15)18;1-5-17(2,3)16(18)20-15-9-7-12-10-14(19-4)8-6-13(12)11-15;1-5-17(2,3)16(18)20-15-11-10-14(19-4)12-8-6-7-9-13(12)15;1-4-16(2,3)15(17)18-14-10-9-12-7-5-6-8-13(12)11-14/h6-13H,5H2,1-4H3;5-13H,4H2,1-3H3;2*6-11H,5H2,1-4H3;5-11H,4H2,1-3H3. The van der Waals surface area contributed by atoms with Crippen molar-refractivity contribution < 1.29 is 61.9 Å². The molecule has 12 aromatic rings. The van der Waals surface area contributed by atoms with Gasteiger partial charge in [-0.3, -0.25) is 24.0 Å². The summed E-state index contributed by atoms with van der Waals surface area (Å²) < 4.78 is 44.4. The number of fused-ring (bicyclic) bond motifs is 7. The van der Waals surface area contributed by atoms with Crippen molar-refractivity contribution in [3.8, 4) is 46.0 Å². The lowest BCUT2D eigenvalue weighted by atomic mass is 9.90. The summed E-state index contributed by atoms with van der Waals surface area (Å²) >= 11 is 0. The molecule has 0 amide bonds. The molecule has 0 radical (unpaired) electrons. The van der Waals surface area contributed by atoms with Gasteiger partial charge in [-0.25, -0.2) is 0 Å². The van der Waals surface area contributed by atoms with Crippen molar-refractivity contribution in [2.24, 2.45) is 27.1 Å². The first-order valence-corrected chi connectivity index (χ1v) is 35.6. The molecule has 104 heavy (non-hydrogen) atoms. The van der Waals surface area contributed by atoms with Crippen LogP contribution in [0.4, 0.5) is 0 Å². The molecule has 542 valence electrons. The lowest BCUT2D eigenvalue weighted by Crippen LogP contribution is -2.28. The molecule has 0 bridgehead atoms. The quantitative estimate of drug-likeness (QED) is 0.0454. The number of carbonyl (C=O) groups is 5. The zero-order valence-electron chi connectivity index (χ0n) is 63.6. The Morgan fingerprint density at radius 3 is 0.904 bits per heavy atom. The molecule has 0 aliphatic carbocycles. The third kappa shape index (κ3) is 18.9. The van der Waals surface area contributed by atoms with Gasteiger partial charge in [-0.15, -0.1) is 0 Å². The van der Waals surface area contributed by atoms with E-state index in [1.807, 2.05) is 310 Å². The highest BCUT2D eigenvalue weighted by molar-refractivity contribution is 6.12. The predicted molar refractivity (Wildman–Crippen MR) is 423 cm³/mol. The molecule has 13 nitrogen and oxygen atoms in total. The molecule has 12 aromatic carbocycles. The summed E-state index contributed by atoms with van der Waals surface area (Å²) in [6.45, 7) is 29.0. The highest BCUT2D eigenvalue weighted by atomic mass is 16.6. The molecule has 0 N–H and O–H groups in total. The Hall–Kier alpha value is -10.8. The summed E-state index contributed by atoms with van der Waals surface area (Å²) in [6.07, 6.45) is 3.71. The van der Waals surface area contributed by atoms with E-state index in [2.05, 4.69) is 6.07 Å². The number of ether oxygens (including phenoxy) is 8. The number of methoxy groups -OCH3 is 3. The van der Waals surface area contributed by atoms with E-state index >= 15 is 0 Å². The van der Waals surface area contributed by atoms with Gasteiger partial charge in [-0.2, -0.15) is 0 Å². The minimum atomic E-state index is -0.526. The Labute approximate surface area is 612 Å². The van der Waals surface area contributed by atoms with Crippen molar-refractivity contribution in [1.82, 2.24) is 0 Å². The number of rotatable bonds is 18. The second-order valence-corrected chi connectivity index (χ2v) is 28.9. The van der Waals surface area contributed by atoms with Crippen molar-refractivity contribution in [2.45, 2.75) is 136 Å². The van der Waals surface area contributed by atoms with Gasteiger partial charge in [0.25, 0.3) is 0 Å². The second-order valence-electron chi connectivity index (χ2n) is 28.9. The van der Waals surface area contributed by atoms with E-state index < -0.39 is 27.1 Å². The van der Waals surface area contributed by atoms with Crippen LogP contribution in [0.3, 0.4) is 0 Å². The molecule has 12 rings (SSSR count). The van der Waals surface area contributed by atoms with Gasteiger partial charge in [-0.05, 0) is 188 Å². The van der Waals surface area contributed by atoms with Crippen LogP contribution in [0.25, 0.3) is 75.4 Å². The van der Waals surface area contributed by atoms with E-state index in [4.69, 9.17) is 37.9 Å². The summed E-state index contributed by atoms with van der Waals surface area (Å²) in [4.78, 5) is 61.4. The Morgan fingerprint density at radius 1 is 0.240 bits per heavy atom. The third-order valence-corrected chi connectivity index (χ3v) is 19.8. The van der Waals surface area contributed by atoms with Crippen LogP contribution in [-0.4, -0.2) is 51.2 Å². The first-order valence-electron chi connectivity index (χ1n) is 35.6. The second kappa shape index (κ2) is 34.5. The van der Waals surface area contributed by atoms with Crippen LogP contribution in [0.5, 0.6) is 46.0 Å². The highest BCUT2D eigenvalue weighted by Gasteiger charge is 2.33. The number of esters is 5. The Bertz CT molecular complexity index is 4930. The summed E-state index contributed by atoms with van der Waals surface area (Å²) in [5.41, 5.74) is -2.40. The Morgan fingerprint density at radius 2 is 0.519 bits per heavy atom. The molecule has 0 unspecified atom stereocenters. The molecule has 0 heterocycles. The maximum absolute atomic E-state index is 12.7. The molecule has 0 aromatic heterocycles. The lowest BCUT2D eigenvalue weighted by molar-refractivity contribution is -0.144. The Balaban J connectivity index is 0.000000165. The number of carbonyl (C=O) groups excluding carboxylic acids is 5. The Kier molecular flexibility index (Phi) is 26.1. The topological polar surface area (TPSA) is 159 Å². The van der Waals surface area contributed by atoms with Gasteiger partial charge in [0.2, 0.25) is 0 Å². The number of hydrogen-bond acceptors (Lipinski definition) is 13. The van der Waals surface area contributed by atoms with Crippen LogP contribution in [0, 0.1) is 27.1 Å². The first kappa shape index (κ1) is 78.9. The van der Waals surface area contributed by atoms with Gasteiger partial charge in [0, 0.05) is 43.1 Å². The van der Waals surface area contributed by atoms with Crippen molar-refractivity contribution in [3.05, 3.63) is 218 Å². The highest BCUT2D eigenvalue weighted by Crippen LogP contribution is 2.44. The zero-order valence-corrected chi connectivity index (χ0v) is 63.6. The molecular weight excluding hydrogens is 1300 g/mol. The van der Waals surface area contributed by atoms with E-state index in [0.29, 0.717) is 28.7 Å². The summed E-state index contributed by atoms with van der Waals surface area (Å²) in [5.74, 6) is 4.43. The van der Waals surface area contributed by atoms with Crippen molar-refractivity contribution >= 4 is 105 Å². The average Bonchev–Trinajstić information content (AvgIpc) is 0.759. The minimum Gasteiger partial charge on any atom is -0.497 e. The van der Waals surface area contributed by atoms with E-state index in [1.54, 1.807) is 27.4 Å². The van der Waals surface area contributed by atoms with Gasteiger partial charge < -0.3 is 37.9 Å². The van der Waals surface area contributed by atoms with E-state index in [0.717, 1.165) is 125 Å². The van der Waals surface area contributed by atoms with Gasteiger partial charge in [0.1, 0.15) is 46.0 Å². The van der Waals surface area contributed by atoms with Gasteiger partial charge >= 0.3 is 29.8 Å². The smallest absolute Gasteiger partial charge is 0.316 e. The normalized spacial score (nSPS) is 11.6. The van der Waals surface area contributed by atoms with Crippen molar-refractivity contribution in [2.75, 3.05) is 21.3 Å². The lowest BCUT2D eigenvalue weighted by Gasteiger charge is -2.22. The molecule has 0 atom stereocenters. The van der Waals surface area contributed by atoms with E-state index in [1.165, 1.54) is 0 Å². The van der Waals surface area contributed by atoms with Gasteiger partial charge in [0.05, 0.1) is 48.4 Å². The maximum Gasteiger partial charge on any atom is 0.316 e. The van der Waals surface area contributed by atoms with E-state index in [-0.39, 0.29) is 29.8 Å². The van der Waals surface area contributed by atoms with Crippen LogP contribution < -0.4 is 37.9 Å². The molecule has 0 aliphatic rings. The van der Waals surface area contributed by atoms with Crippen LogP contribution >= 0.6 is 0 Å². The molecule has 0 aliphatic heterocycles. The molecule has 0 spiro atoms. The largest absolute Gasteiger partial charge is 0.497 e. The molecular formula is C91H100O13. The number of benzene rings is 12.